The van der Waals surface area contributed by atoms with E-state index in [0.29, 0.717) is 6.42 Å². The molecule has 4 rings (SSSR count). The van der Waals surface area contributed by atoms with Crippen molar-refractivity contribution >= 4 is 22.6 Å². The quantitative estimate of drug-likeness (QED) is 0.600. The Bertz CT molecular complexity index is 873. The van der Waals surface area contributed by atoms with Crippen molar-refractivity contribution in [2.75, 3.05) is 0 Å². The third-order valence-electron chi connectivity index (χ3n) is 4.02. The van der Waals surface area contributed by atoms with Crippen LogP contribution in [-0.4, -0.2) is 5.78 Å². The number of carbonyl (C=O) groups excluding carboxylic acids is 1. The molecule has 3 aromatic rings. The van der Waals surface area contributed by atoms with Crippen molar-refractivity contribution in [1.82, 2.24) is 0 Å². The largest absolute Gasteiger partial charge is 0.294 e. The average Bonchev–Trinajstić information content (AvgIpc) is 2.54. The number of Topliss-reactive ketones (excluding diaryl/α,β-unsaturated/α-hetero) is 1. The zero-order valence-electron chi connectivity index (χ0n) is 11.5. The van der Waals surface area contributed by atoms with Gasteiger partial charge in [0.25, 0.3) is 0 Å². The number of fused-ring (bicyclic) bond motifs is 2. The zero-order chi connectivity index (χ0) is 14.2. The van der Waals surface area contributed by atoms with Crippen LogP contribution < -0.4 is 0 Å². The van der Waals surface area contributed by atoms with Crippen molar-refractivity contribution in [3.8, 4) is 11.1 Å². The van der Waals surface area contributed by atoms with Crippen LogP contribution in [0.4, 0.5) is 0 Å². The van der Waals surface area contributed by atoms with Gasteiger partial charge in [-0.05, 0) is 28.0 Å². The van der Waals surface area contributed by atoms with Crippen molar-refractivity contribution in [2.45, 2.75) is 6.42 Å². The molecule has 0 atom stereocenters. The lowest BCUT2D eigenvalue weighted by molar-refractivity contribution is 0.0995. The van der Waals surface area contributed by atoms with Crippen LogP contribution in [0.25, 0.3) is 28.0 Å². The standard InChI is InChI=1S/C20H14O/c21-18-12-6-10-16-13-15-9-4-5-11-17(15)19(20(16)18)14-7-2-1-3-8-14/h1-11,13H,12H2. The van der Waals surface area contributed by atoms with E-state index < -0.39 is 0 Å². The lowest BCUT2D eigenvalue weighted by atomic mass is 9.85. The van der Waals surface area contributed by atoms with Gasteiger partial charge in [-0.3, -0.25) is 4.79 Å². The number of allylic oxidation sites excluding steroid dienone is 1. The first-order chi connectivity index (χ1) is 10.3. The highest BCUT2D eigenvalue weighted by Gasteiger charge is 2.20. The summed E-state index contributed by atoms with van der Waals surface area (Å²) in [5.74, 6) is 0.206. The van der Waals surface area contributed by atoms with E-state index in [-0.39, 0.29) is 5.78 Å². The molecule has 0 fully saturated rings. The molecule has 0 saturated heterocycles. The number of hydrogen-bond acceptors (Lipinski definition) is 1. The molecule has 0 saturated carbocycles. The van der Waals surface area contributed by atoms with E-state index in [2.05, 4.69) is 36.4 Å². The fourth-order valence-electron chi connectivity index (χ4n) is 3.10. The Balaban J connectivity index is 2.18. The molecule has 100 valence electrons. The molecule has 0 radical (unpaired) electrons. The van der Waals surface area contributed by atoms with Crippen LogP contribution in [0.1, 0.15) is 22.3 Å². The molecule has 1 aliphatic carbocycles. The van der Waals surface area contributed by atoms with Gasteiger partial charge in [-0.15, -0.1) is 0 Å². The van der Waals surface area contributed by atoms with E-state index in [1.807, 2.05) is 36.4 Å². The summed E-state index contributed by atoms with van der Waals surface area (Å²) >= 11 is 0. The van der Waals surface area contributed by atoms with Crippen molar-refractivity contribution in [1.29, 1.82) is 0 Å². The van der Waals surface area contributed by atoms with Crippen LogP contribution in [0.5, 0.6) is 0 Å². The summed E-state index contributed by atoms with van der Waals surface area (Å²) in [7, 11) is 0. The minimum Gasteiger partial charge on any atom is -0.294 e. The Hall–Kier alpha value is -2.67. The molecule has 0 heterocycles. The second-order valence-electron chi connectivity index (χ2n) is 5.33. The highest BCUT2D eigenvalue weighted by Crippen LogP contribution is 2.37. The van der Waals surface area contributed by atoms with Crippen LogP contribution in [-0.2, 0) is 0 Å². The summed E-state index contributed by atoms with van der Waals surface area (Å²) in [6.07, 6.45) is 4.51. The Morgan fingerprint density at radius 2 is 1.57 bits per heavy atom. The van der Waals surface area contributed by atoms with Crippen molar-refractivity contribution in [3.63, 3.8) is 0 Å². The molecule has 3 aromatic carbocycles. The third-order valence-corrected chi connectivity index (χ3v) is 4.02. The summed E-state index contributed by atoms with van der Waals surface area (Å²) in [5, 5.41) is 2.32. The predicted molar refractivity (Wildman–Crippen MR) is 87.4 cm³/mol. The summed E-state index contributed by atoms with van der Waals surface area (Å²) in [6.45, 7) is 0. The van der Waals surface area contributed by atoms with Crippen molar-refractivity contribution < 1.29 is 4.79 Å². The number of benzene rings is 3. The first-order valence-electron chi connectivity index (χ1n) is 7.15. The molecule has 1 heteroatoms. The number of carbonyl (C=O) groups is 1. The Morgan fingerprint density at radius 3 is 2.43 bits per heavy atom. The van der Waals surface area contributed by atoms with Crippen LogP contribution in [0.3, 0.4) is 0 Å². The monoisotopic (exact) mass is 270 g/mol. The molecular weight excluding hydrogens is 256 g/mol. The first-order valence-corrected chi connectivity index (χ1v) is 7.15. The van der Waals surface area contributed by atoms with Crippen LogP contribution in [0, 0.1) is 0 Å². The molecule has 0 aliphatic heterocycles. The summed E-state index contributed by atoms with van der Waals surface area (Å²) in [4.78, 5) is 12.5. The molecule has 0 aromatic heterocycles. The fraction of sp³-hybridized carbons (Fsp3) is 0.0500. The Labute approximate surface area is 123 Å². The highest BCUT2D eigenvalue weighted by atomic mass is 16.1. The SMILES string of the molecule is O=C1CC=Cc2cc3ccccc3c(-c3ccccc3)c21. The van der Waals surface area contributed by atoms with Crippen LogP contribution in [0.2, 0.25) is 0 Å². The maximum atomic E-state index is 12.5. The van der Waals surface area contributed by atoms with E-state index >= 15 is 0 Å². The van der Waals surface area contributed by atoms with E-state index in [9.17, 15) is 4.79 Å². The van der Waals surface area contributed by atoms with Gasteiger partial charge in [0.2, 0.25) is 0 Å². The summed E-state index contributed by atoms with van der Waals surface area (Å²) in [6, 6.07) is 20.6. The van der Waals surface area contributed by atoms with Gasteiger partial charge in [0.1, 0.15) is 0 Å². The first kappa shape index (κ1) is 12.1. The van der Waals surface area contributed by atoms with Gasteiger partial charge in [-0.25, -0.2) is 0 Å². The van der Waals surface area contributed by atoms with Crippen molar-refractivity contribution in [3.05, 3.63) is 77.9 Å². The molecule has 0 spiro atoms. The lowest BCUT2D eigenvalue weighted by Gasteiger charge is -2.18. The Kier molecular flexibility index (Phi) is 2.71. The van der Waals surface area contributed by atoms with Crippen molar-refractivity contribution in [2.24, 2.45) is 0 Å². The van der Waals surface area contributed by atoms with Gasteiger partial charge in [-0.1, -0.05) is 66.7 Å². The summed E-state index contributed by atoms with van der Waals surface area (Å²) < 4.78 is 0. The normalized spacial score (nSPS) is 13.4. The maximum absolute atomic E-state index is 12.5. The molecule has 1 nitrogen and oxygen atoms in total. The minimum atomic E-state index is 0.206. The molecule has 21 heavy (non-hydrogen) atoms. The van der Waals surface area contributed by atoms with Gasteiger partial charge in [-0.2, -0.15) is 0 Å². The third kappa shape index (κ3) is 1.90. The highest BCUT2D eigenvalue weighted by molar-refractivity contribution is 6.15. The van der Waals surface area contributed by atoms with Gasteiger partial charge >= 0.3 is 0 Å². The molecule has 0 bridgehead atoms. The molecule has 0 N–H and O–H groups in total. The second kappa shape index (κ2) is 4.71. The average molecular weight is 270 g/mol. The minimum absolute atomic E-state index is 0.206. The zero-order valence-corrected chi connectivity index (χ0v) is 11.5. The summed E-state index contributed by atoms with van der Waals surface area (Å²) in [5.41, 5.74) is 4.07. The predicted octanol–water partition coefficient (Wildman–Crippen LogP) is 5.11. The lowest BCUT2D eigenvalue weighted by Crippen LogP contribution is -2.07. The van der Waals surface area contributed by atoms with Crippen LogP contribution >= 0.6 is 0 Å². The van der Waals surface area contributed by atoms with Gasteiger partial charge < -0.3 is 0 Å². The second-order valence-corrected chi connectivity index (χ2v) is 5.33. The van der Waals surface area contributed by atoms with E-state index in [4.69, 9.17) is 0 Å². The molecule has 0 unspecified atom stereocenters. The van der Waals surface area contributed by atoms with Gasteiger partial charge in [0, 0.05) is 17.5 Å². The van der Waals surface area contributed by atoms with E-state index in [1.54, 1.807) is 0 Å². The molecule has 1 aliphatic rings. The topological polar surface area (TPSA) is 17.1 Å². The molecule has 0 amide bonds. The van der Waals surface area contributed by atoms with E-state index in [0.717, 1.165) is 27.6 Å². The Morgan fingerprint density at radius 1 is 0.810 bits per heavy atom. The number of rotatable bonds is 1. The van der Waals surface area contributed by atoms with E-state index in [1.165, 1.54) is 5.39 Å². The molecular formula is C20H14O. The number of hydrogen-bond donors (Lipinski definition) is 0. The van der Waals surface area contributed by atoms with Crippen LogP contribution in [0.15, 0.2) is 66.7 Å². The number of ketones is 1. The fourth-order valence-corrected chi connectivity index (χ4v) is 3.10. The van der Waals surface area contributed by atoms with Gasteiger partial charge in [0.05, 0.1) is 0 Å². The maximum Gasteiger partial charge on any atom is 0.167 e. The smallest absolute Gasteiger partial charge is 0.167 e. The van der Waals surface area contributed by atoms with Gasteiger partial charge in [0.15, 0.2) is 5.78 Å².